The van der Waals surface area contributed by atoms with Crippen molar-refractivity contribution in [3.63, 3.8) is 0 Å². The number of hydrogen-bond acceptors (Lipinski definition) is 6. The highest BCUT2D eigenvalue weighted by atomic mass is 16.5. The number of amides is 4. The highest BCUT2D eigenvalue weighted by Crippen LogP contribution is 2.40. The summed E-state index contributed by atoms with van der Waals surface area (Å²) in [5, 5.41) is 2.81. The van der Waals surface area contributed by atoms with Crippen molar-refractivity contribution in [3.8, 4) is 5.75 Å². The maximum Gasteiger partial charge on any atom is 0.409 e. The topological polar surface area (TPSA) is 108 Å². The van der Waals surface area contributed by atoms with E-state index in [1.54, 1.807) is 42.7 Å². The van der Waals surface area contributed by atoms with Crippen molar-refractivity contribution in [1.82, 2.24) is 15.1 Å². The lowest BCUT2D eigenvalue weighted by atomic mass is 9.97. The summed E-state index contributed by atoms with van der Waals surface area (Å²) in [5.74, 6) is 0.0189. The summed E-state index contributed by atoms with van der Waals surface area (Å²) in [6.07, 6.45) is 1.51. The van der Waals surface area contributed by atoms with Crippen molar-refractivity contribution in [1.29, 1.82) is 0 Å². The van der Waals surface area contributed by atoms with E-state index >= 15 is 0 Å². The van der Waals surface area contributed by atoms with E-state index in [-0.39, 0.29) is 42.9 Å². The predicted molar refractivity (Wildman–Crippen MR) is 140 cm³/mol. The molecule has 10 heteroatoms. The number of methoxy groups -OCH3 is 1. The number of carbonyl (C=O) groups excluding carboxylic acids is 4. The second-order valence-electron chi connectivity index (χ2n) is 10.4. The molecule has 2 heterocycles. The van der Waals surface area contributed by atoms with Gasteiger partial charge in [-0.1, -0.05) is 6.92 Å². The van der Waals surface area contributed by atoms with E-state index in [0.29, 0.717) is 36.5 Å². The van der Waals surface area contributed by atoms with Gasteiger partial charge in [-0.25, -0.2) is 4.79 Å². The maximum atomic E-state index is 14.0. The van der Waals surface area contributed by atoms with Crippen LogP contribution in [0, 0.1) is 6.92 Å². The Morgan fingerprint density at radius 3 is 2.59 bits per heavy atom. The smallest absolute Gasteiger partial charge is 0.409 e. The van der Waals surface area contributed by atoms with Crippen molar-refractivity contribution in [3.05, 3.63) is 23.3 Å². The summed E-state index contributed by atoms with van der Waals surface area (Å²) < 4.78 is 10.9. The molecule has 0 radical (unpaired) electrons. The Morgan fingerprint density at radius 2 is 1.97 bits per heavy atom. The quantitative estimate of drug-likeness (QED) is 0.597. The lowest BCUT2D eigenvalue weighted by molar-refractivity contribution is -0.132. The number of benzene rings is 1. The fourth-order valence-electron chi connectivity index (χ4n) is 5.04. The molecule has 1 N–H and O–H groups in total. The molecule has 4 amide bonds. The van der Waals surface area contributed by atoms with Gasteiger partial charge in [0.1, 0.15) is 5.75 Å². The van der Waals surface area contributed by atoms with Crippen molar-refractivity contribution in [2.24, 2.45) is 0 Å². The molecule has 0 aliphatic carbocycles. The molecule has 0 unspecified atom stereocenters. The van der Waals surface area contributed by atoms with Gasteiger partial charge in [0.15, 0.2) is 5.60 Å². The summed E-state index contributed by atoms with van der Waals surface area (Å²) in [6.45, 7) is 12.5. The van der Waals surface area contributed by atoms with E-state index in [1.807, 2.05) is 25.7 Å². The Morgan fingerprint density at radius 1 is 1.27 bits per heavy atom. The Hall–Kier alpha value is -3.30. The van der Waals surface area contributed by atoms with Crippen LogP contribution in [0.15, 0.2) is 12.1 Å². The number of nitrogens with zero attached hydrogens (tertiary/aromatic N) is 3. The van der Waals surface area contributed by atoms with Gasteiger partial charge in [-0.2, -0.15) is 0 Å². The first-order chi connectivity index (χ1) is 17.4. The van der Waals surface area contributed by atoms with Crippen LogP contribution in [0.1, 0.15) is 69.8 Å². The van der Waals surface area contributed by atoms with E-state index in [0.717, 1.165) is 18.4 Å². The first kappa shape index (κ1) is 28.3. The molecule has 10 nitrogen and oxygen atoms in total. The second-order valence-corrected chi connectivity index (χ2v) is 10.4. The second kappa shape index (κ2) is 11.4. The molecule has 1 fully saturated rings. The van der Waals surface area contributed by atoms with E-state index in [2.05, 4.69) is 5.32 Å². The van der Waals surface area contributed by atoms with Crippen molar-refractivity contribution >= 4 is 29.5 Å². The average Bonchev–Trinajstić information content (AvgIpc) is 2.85. The van der Waals surface area contributed by atoms with Crippen molar-refractivity contribution in [2.45, 2.75) is 78.5 Å². The molecule has 1 aromatic carbocycles. The van der Waals surface area contributed by atoms with Crippen LogP contribution >= 0.6 is 0 Å². The van der Waals surface area contributed by atoms with Gasteiger partial charge in [0, 0.05) is 44.2 Å². The van der Waals surface area contributed by atoms with Crippen molar-refractivity contribution < 1.29 is 28.7 Å². The monoisotopic (exact) mass is 516 g/mol. The lowest BCUT2D eigenvalue weighted by Crippen LogP contribution is -2.55. The molecule has 0 bridgehead atoms. The van der Waals surface area contributed by atoms with Crippen molar-refractivity contribution in [2.75, 3.05) is 38.2 Å². The highest BCUT2D eigenvalue weighted by Gasteiger charge is 2.42. The minimum absolute atomic E-state index is 0.0963. The fraction of sp³-hybridized carbons (Fsp3) is 0.630. The summed E-state index contributed by atoms with van der Waals surface area (Å²) in [7, 11) is 1.36. The molecule has 1 aromatic rings. The third-order valence-corrected chi connectivity index (χ3v) is 6.94. The molecule has 204 valence electrons. The molecule has 3 rings (SSSR count). The Labute approximate surface area is 219 Å². The highest BCUT2D eigenvalue weighted by molar-refractivity contribution is 6.05. The third kappa shape index (κ3) is 5.99. The van der Waals surface area contributed by atoms with E-state index in [9.17, 15) is 19.2 Å². The average molecular weight is 517 g/mol. The van der Waals surface area contributed by atoms with Gasteiger partial charge in [-0.05, 0) is 65.2 Å². The summed E-state index contributed by atoms with van der Waals surface area (Å²) >= 11 is 0. The summed E-state index contributed by atoms with van der Waals surface area (Å²) in [4.78, 5) is 56.2. The van der Waals surface area contributed by atoms with Gasteiger partial charge in [0.05, 0.1) is 18.8 Å². The minimum atomic E-state index is -1.08. The van der Waals surface area contributed by atoms with Crippen LogP contribution in [0.2, 0.25) is 0 Å². The molecule has 2 aliphatic heterocycles. The first-order valence-corrected chi connectivity index (χ1v) is 13.0. The van der Waals surface area contributed by atoms with E-state index in [4.69, 9.17) is 9.47 Å². The minimum Gasteiger partial charge on any atom is -0.476 e. The van der Waals surface area contributed by atoms with Gasteiger partial charge in [0.25, 0.3) is 11.8 Å². The molecule has 1 saturated heterocycles. The summed E-state index contributed by atoms with van der Waals surface area (Å²) in [6, 6.07) is 3.25. The van der Waals surface area contributed by atoms with Gasteiger partial charge in [-0.15, -0.1) is 0 Å². The van der Waals surface area contributed by atoms with E-state index < -0.39 is 11.7 Å². The first-order valence-electron chi connectivity index (χ1n) is 13.0. The zero-order valence-electron chi connectivity index (χ0n) is 23.1. The maximum absolute atomic E-state index is 14.0. The number of likely N-dealkylation sites (tertiary alicyclic amines) is 1. The molecule has 0 spiro atoms. The molecule has 2 aliphatic rings. The third-order valence-electron chi connectivity index (χ3n) is 6.94. The van der Waals surface area contributed by atoms with Crippen LogP contribution in [-0.4, -0.2) is 84.6 Å². The van der Waals surface area contributed by atoms with Crippen LogP contribution in [0.25, 0.3) is 0 Å². The molecule has 0 saturated carbocycles. The number of fused-ring (bicyclic) bond motifs is 1. The number of hydrogen-bond donors (Lipinski definition) is 1. The standard InChI is InChI=1S/C27H40N4O6/c1-8-23(32)28-11-13-30-21-15-20(18(4)14-22(21)37-27(5,6)25(30)34)24(33)31(17(2)3)19-10-9-12-29(16-19)26(35)36-7/h14-15,17,19H,8-13,16H2,1-7H3,(H,28,32)/t19-/m1/s1. The number of nitrogens with one attached hydrogen (secondary N) is 1. The number of carbonyl (C=O) groups is 4. The van der Waals surface area contributed by atoms with E-state index in [1.165, 1.54) is 7.11 Å². The van der Waals surface area contributed by atoms with Crippen LogP contribution in [0.5, 0.6) is 5.75 Å². The molecular weight excluding hydrogens is 476 g/mol. The van der Waals surface area contributed by atoms with Crippen LogP contribution in [0.4, 0.5) is 10.5 Å². The Balaban J connectivity index is 1.95. The molecule has 1 atom stereocenters. The molecule has 0 aromatic heterocycles. The van der Waals surface area contributed by atoms with Gasteiger partial charge in [0.2, 0.25) is 5.91 Å². The SMILES string of the molecule is CCC(=O)NCCN1C(=O)C(C)(C)Oc2cc(C)c(C(=O)N(C(C)C)[C@@H]3CCCN(C(=O)OC)C3)cc21. The van der Waals surface area contributed by atoms with Gasteiger partial charge < -0.3 is 29.5 Å². The van der Waals surface area contributed by atoms with Crippen LogP contribution in [0.3, 0.4) is 0 Å². The lowest BCUT2D eigenvalue weighted by Gasteiger charge is -2.42. The zero-order chi connectivity index (χ0) is 27.5. The number of ether oxygens (including phenoxy) is 2. The van der Waals surface area contributed by atoms with Crippen LogP contribution < -0.4 is 15.0 Å². The normalized spacial score (nSPS) is 18.7. The fourth-order valence-corrected chi connectivity index (χ4v) is 5.04. The molecule has 37 heavy (non-hydrogen) atoms. The Kier molecular flexibility index (Phi) is 8.71. The number of piperidine rings is 1. The predicted octanol–water partition coefficient (Wildman–Crippen LogP) is 3.11. The number of rotatable bonds is 7. The molecular formula is C27H40N4O6. The van der Waals surface area contributed by atoms with Gasteiger partial charge in [-0.3, -0.25) is 14.4 Å². The zero-order valence-corrected chi connectivity index (χ0v) is 23.1. The Bertz CT molecular complexity index is 1050. The largest absolute Gasteiger partial charge is 0.476 e. The summed E-state index contributed by atoms with van der Waals surface area (Å²) in [5.41, 5.74) is 0.636. The van der Waals surface area contributed by atoms with Gasteiger partial charge >= 0.3 is 6.09 Å². The number of aryl methyl sites for hydroxylation is 1. The number of anilines is 1. The van der Waals surface area contributed by atoms with Crippen LogP contribution in [-0.2, 0) is 14.3 Å².